The van der Waals surface area contributed by atoms with Gasteiger partial charge < -0.3 is 4.57 Å². The van der Waals surface area contributed by atoms with Crippen LogP contribution in [-0.2, 0) is 7.05 Å². The molecule has 2 aromatic rings. The molecule has 1 aromatic carbocycles. The summed E-state index contributed by atoms with van der Waals surface area (Å²) < 4.78 is 2.03. The van der Waals surface area contributed by atoms with Crippen LogP contribution in [0.5, 0.6) is 0 Å². The molecule has 0 unspecified atom stereocenters. The lowest BCUT2D eigenvalue weighted by Crippen LogP contribution is -1.95. The van der Waals surface area contributed by atoms with E-state index in [9.17, 15) is 10.1 Å². The molecule has 0 bridgehead atoms. The summed E-state index contributed by atoms with van der Waals surface area (Å²) >= 11 is 1.52. The standard InChI is InChI=1S/C14H17N3O2S/c1-9(2)13-14(16(4)10(3)15-13)20-12-7-5-6-11(8-12)17(18)19/h5-9H,1-4H3. The number of benzene rings is 1. The average Bonchev–Trinajstić information content (AvgIpc) is 2.67. The van der Waals surface area contributed by atoms with Crippen LogP contribution in [-0.4, -0.2) is 14.5 Å². The van der Waals surface area contributed by atoms with Gasteiger partial charge in [-0.05, 0) is 18.9 Å². The van der Waals surface area contributed by atoms with Crippen molar-refractivity contribution in [2.24, 2.45) is 7.05 Å². The van der Waals surface area contributed by atoms with E-state index in [-0.39, 0.29) is 10.6 Å². The number of nitro benzene ring substituents is 1. The van der Waals surface area contributed by atoms with Crippen LogP contribution in [0.25, 0.3) is 0 Å². The van der Waals surface area contributed by atoms with Crippen LogP contribution < -0.4 is 0 Å². The topological polar surface area (TPSA) is 61.0 Å². The summed E-state index contributed by atoms with van der Waals surface area (Å²) in [6.07, 6.45) is 0. The average molecular weight is 291 g/mol. The highest BCUT2D eigenvalue weighted by Crippen LogP contribution is 2.35. The van der Waals surface area contributed by atoms with Crippen LogP contribution in [0.2, 0.25) is 0 Å². The molecule has 0 aliphatic heterocycles. The Balaban J connectivity index is 2.39. The molecular weight excluding hydrogens is 274 g/mol. The number of nitrogens with zero attached hydrogens (tertiary/aromatic N) is 3. The fraction of sp³-hybridized carbons (Fsp3) is 0.357. The predicted octanol–water partition coefficient (Wildman–Crippen LogP) is 3.91. The number of non-ortho nitro benzene ring substituents is 1. The van der Waals surface area contributed by atoms with E-state index < -0.39 is 0 Å². The fourth-order valence-electron chi connectivity index (χ4n) is 1.88. The van der Waals surface area contributed by atoms with Crippen LogP contribution in [0.15, 0.2) is 34.2 Å². The van der Waals surface area contributed by atoms with Crippen molar-refractivity contribution in [1.82, 2.24) is 9.55 Å². The molecule has 20 heavy (non-hydrogen) atoms. The van der Waals surface area contributed by atoms with E-state index in [0.29, 0.717) is 5.92 Å². The van der Waals surface area contributed by atoms with Gasteiger partial charge >= 0.3 is 0 Å². The number of aryl methyl sites for hydroxylation is 1. The quantitative estimate of drug-likeness (QED) is 0.633. The molecule has 0 fully saturated rings. The summed E-state index contributed by atoms with van der Waals surface area (Å²) in [5, 5.41) is 11.9. The van der Waals surface area contributed by atoms with E-state index in [1.54, 1.807) is 12.1 Å². The van der Waals surface area contributed by atoms with E-state index in [1.165, 1.54) is 17.8 Å². The number of hydrogen-bond donors (Lipinski definition) is 0. The minimum absolute atomic E-state index is 0.111. The lowest BCUT2D eigenvalue weighted by molar-refractivity contribution is -0.385. The Labute approximate surface area is 122 Å². The van der Waals surface area contributed by atoms with Gasteiger partial charge in [0.1, 0.15) is 10.9 Å². The Hall–Kier alpha value is -1.82. The summed E-state index contributed by atoms with van der Waals surface area (Å²) in [5.41, 5.74) is 1.14. The summed E-state index contributed by atoms with van der Waals surface area (Å²) in [6, 6.07) is 6.68. The van der Waals surface area contributed by atoms with Crippen molar-refractivity contribution in [3.63, 3.8) is 0 Å². The molecule has 2 rings (SSSR count). The number of nitro groups is 1. The molecule has 106 valence electrons. The molecule has 0 aliphatic rings. The van der Waals surface area contributed by atoms with Gasteiger partial charge in [0.15, 0.2) is 0 Å². The van der Waals surface area contributed by atoms with Gasteiger partial charge in [-0.1, -0.05) is 31.7 Å². The van der Waals surface area contributed by atoms with Crippen molar-refractivity contribution in [2.45, 2.75) is 36.6 Å². The Kier molecular flexibility index (Phi) is 4.13. The first-order valence-electron chi connectivity index (χ1n) is 6.35. The Morgan fingerprint density at radius 3 is 2.70 bits per heavy atom. The highest BCUT2D eigenvalue weighted by molar-refractivity contribution is 7.99. The van der Waals surface area contributed by atoms with E-state index in [2.05, 4.69) is 18.8 Å². The Morgan fingerprint density at radius 1 is 1.40 bits per heavy atom. The van der Waals surface area contributed by atoms with Crippen LogP contribution in [0.4, 0.5) is 5.69 Å². The number of rotatable bonds is 4. The lowest BCUT2D eigenvalue weighted by atomic mass is 10.2. The molecule has 0 N–H and O–H groups in total. The molecule has 0 radical (unpaired) electrons. The minimum Gasteiger partial charge on any atom is -0.326 e. The molecular formula is C14H17N3O2S. The van der Waals surface area contributed by atoms with Crippen molar-refractivity contribution in [3.05, 3.63) is 45.9 Å². The summed E-state index contributed by atoms with van der Waals surface area (Å²) in [6.45, 7) is 6.15. The molecule has 0 saturated carbocycles. The van der Waals surface area contributed by atoms with Crippen molar-refractivity contribution in [2.75, 3.05) is 0 Å². The van der Waals surface area contributed by atoms with E-state index in [1.807, 2.05) is 24.6 Å². The summed E-state index contributed by atoms with van der Waals surface area (Å²) in [4.78, 5) is 15.9. The fourth-order valence-corrected chi connectivity index (χ4v) is 3.09. The normalized spacial score (nSPS) is 11.1. The van der Waals surface area contributed by atoms with Gasteiger partial charge in [-0.2, -0.15) is 0 Å². The van der Waals surface area contributed by atoms with Crippen molar-refractivity contribution in [1.29, 1.82) is 0 Å². The third-order valence-corrected chi connectivity index (χ3v) is 4.25. The molecule has 0 atom stereocenters. The smallest absolute Gasteiger partial charge is 0.270 e. The molecule has 1 heterocycles. The zero-order chi connectivity index (χ0) is 14.9. The minimum atomic E-state index is -0.373. The largest absolute Gasteiger partial charge is 0.326 e. The first kappa shape index (κ1) is 14.6. The van der Waals surface area contributed by atoms with Crippen LogP contribution in [0.3, 0.4) is 0 Å². The monoisotopic (exact) mass is 291 g/mol. The van der Waals surface area contributed by atoms with Gasteiger partial charge in [0.2, 0.25) is 0 Å². The van der Waals surface area contributed by atoms with Crippen molar-refractivity contribution >= 4 is 17.4 Å². The zero-order valence-electron chi connectivity index (χ0n) is 12.0. The second-order valence-electron chi connectivity index (χ2n) is 4.92. The van der Waals surface area contributed by atoms with E-state index in [0.717, 1.165) is 21.4 Å². The molecule has 0 spiro atoms. The Morgan fingerprint density at radius 2 is 2.10 bits per heavy atom. The van der Waals surface area contributed by atoms with Gasteiger partial charge in [0, 0.05) is 24.1 Å². The van der Waals surface area contributed by atoms with Gasteiger partial charge in [0.05, 0.1) is 10.6 Å². The van der Waals surface area contributed by atoms with Crippen LogP contribution >= 0.6 is 11.8 Å². The lowest BCUT2D eigenvalue weighted by Gasteiger charge is -2.08. The zero-order valence-corrected chi connectivity index (χ0v) is 12.8. The van der Waals surface area contributed by atoms with Gasteiger partial charge in [-0.15, -0.1) is 0 Å². The Bertz CT molecular complexity index is 650. The predicted molar refractivity (Wildman–Crippen MR) is 79.3 cm³/mol. The molecule has 5 nitrogen and oxygen atoms in total. The summed E-state index contributed by atoms with van der Waals surface area (Å²) in [5.74, 6) is 1.26. The van der Waals surface area contributed by atoms with Gasteiger partial charge in [0.25, 0.3) is 5.69 Å². The second kappa shape index (κ2) is 5.66. The van der Waals surface area contributed by atoms with Crippen LogP contribution in [0.1, 0.15) is 31.3 Å². The molecule has 0 amide bonds. The van der Waals surface area contributed by atoms with Crippen molar-refractivity contribution in [3.8, 4) is 0 Å². The highest BCUT2D eigenvalue weighted by Gasteiger charge is 2.17. The van der Waals surface area contributed by atoms with Crippen molar-refractivity contribution < 1.29 is 4.92 Å². The summed E-state index contributed by atoms with van der Waals surface area (Å²) in [7, 11) is 1.97. The van der Waals surface area contributed by atoms with Crippen LogP contribution in [0, 0.1) is 17.0 Å². The SMILES string of the molecule is Cc1nc(C(C)C)c(Sc2cccc([N+](=O)[O-])c2)n1C. The molecule has 0 saturated heterocycles. The van der Waals surface area contributed by atoms with E-state index >= 15 is 0 Å². The molecule has 1 aromatic heterocycles. The van der Waals surface area contributed by atoms with Gasteiger partial charge in [-0.3, -0.25) is 10.1 Å². The number of aromatic nitrogens is 2. The first-order valence-corrected chi connectivity index (χ1v) is 7.17. The molecule has 6 heteroatoms. The third-order valence-electron chi connectivity index (χ3n) is 3.08. The van der Waals surface area contributed by atoms with Gasteiger partial charge in [-0.25, -0.2) is 4.98 Å². The maximum atomic E-state index is 10.8. The maximum Gasteiger partial charge on any atom is 0.270 e. The first-order chi connectivity index (χ1) is 9.40. The number of imidazole rings is 1. The number of hydrogen-bond acceptors (Lipinski definition) is 4. The third kappa shape index (κ3) is 2.85. The molecule has 0 aliphatic carbocycles. The highest BCUT2D eigenvalue weighted by atomic mass is 32.2. The van der Waals surface area contributed by atoms with E-state index in [4.69, 9.17) is 0 Å². The second-order valence-corrected chi connectivity index (χ2v) is 5.98. The maximum absolute atomic E-state index is 10.8.